The van der Waals surface area contributed by atoms with Crippen molar-refractivity contribution in [3.63, 3.8) is 0 Å². The van der Waals surface area contributed by atoms with Crippen LogP contribution in [-0.4, -0.2) is 44.5 Å². The summed E-state index contributed by atoms with van der Waals surface area (Å²) < 4.78 is 1.57. The molecular formula is C17H21N5O2. The molecule has 0 saturated carbocycles. The highest BCUT2D eigenvalue weighted by atomic mass is 16.1. The number of carbonyl (C=O) groups is 1. The maximum atomic E-state index is 12.6. The largest absolute Gasteiger partial charge is 0.369 e. The number of rotatable bonds is 3. The highest BCUT2D eigenvalue weighted by Crippen LogP contribution is 2.22. The van der Waals surface area contributed by atoms with Gasteiger partial charge in [-0.15, -0.1) is 0 Å². The number of pyridine rings is 1. The smallest absolute Gasteiger partial charge is 0.254 e. The number of amides is 1. The van der Waals surface area contributed by atoms with Crippen LogP contribution in [-0.2, 0) is 11.3 Å². The van der Waals surface area contributed by atoms with Crippen molar-refractivity contribution in [2.75, 3.05) is 13.1 Å². The standard InChI is InChI=1S/C17H21N5O2/c1-11(2)21-7-8-22-15(23)9-14(12-3-5-19-6-4-12)20-17(22)13(10-21)16(18)24/h3-6,9,11,13H,7-8,10H2,1-2H3,(H2,18,24). The van der Waals surface area contributed by atoms with Crippen LogP contribution in [0.5, 0.6) is 0 Å². The second-order valence-electron chi connectivity index (χ2n) is 6.27. The van der Waals surface area contributed by atoms with Gasteiger partial charge in [0.05, 0.1) is 5.69 Å². The first kappa shape index (κ1) is 16.3. The van der Waals surface area contributed by atoms with Gasteiger partial charge in [-0.3, -0.25) is 24.0 Å². The van der Waals surface area contributed by atoms with Crippen LogP contribution in [0.15, 0.2) is 35.4 Å². The molecule has 1 aliphatic rings. The Kier molecular flexibility index (Phi) is 4.44. The average molecular weight is 327 g/mol. The maximum absolute atomic E-state index is 12.6. The lowest BCUT2D eigenvalue weighted by atomic mass is 10.1. The first-order valence-electron chi connectivity index (χ1n) is 8.03. The number of hydrogen-bond donors (Lipinski definition) is 1. The predicted octanol–water partition coefficient (Wildman–Crippen LogP) is 0.598. The van der Waals surface area contributed by atoms with Gasteiger partial charge in [-0.05, 0) is 26.0 Å². The molecule has 2 N–H and O–H groups in total. The summed E-state index contributed by atoms with van der Waals surface area (Å²) in [6, 6.07) is 5.34. The third-order valence-electron chi connectivity index (χ3n) is 4.43. The minimum Gasteiger partial charge on any atom is -0.369 e. The summed E-state index contributed by atoms with van der Waals surface area (Å²) in [6.45, 7) is 5.78. The zero-order valence-corrected chi connectivity index (χ0v) is 13.8. The molecule has 0 spiro atoms. The van der Waals surface area contributed by atoms with Crippen LogP contribution < -0.4 is 11.3 Å². The van der Waals surface area contributed by atoms with Crippen LogP contribution in [0, 0.1) is 0 Å². The SMILES string of the molecule is CC(C)N1CCn2c(nc(-c3ccncc3)cc2=O)C(C(N)=O)C1. The molecule has 0 radical (unpaired) electrons. The van der Waals surface area contributed by atoms with E-state index in [0.29, 0.717) is 31.2 Å². The lowest BCUT2D eigenvalue weighted by Crippen LogP contribution is -2.38. The predicted molar refractivity (Wildman–Crippen MR) is 90.4 cm³/mol. The first-order valence-corrected chi connectivity index (χ1v) is 8.03. The summed E-state index contributed by atoms with van der Waals surface area (Å²) in [5, 5.41) is 0. The van der Waals surface area contributed by atoms with E-state index in [1.807, 2.05) is 0 Å². The molecule has 7 heteroatoms. The van der Waals surface area contributed by atoms with Crippen LogP contribution in [0.3, 0.4) is 0 Å². The number of aromatic nitrogens is 3. The summed E-state index contributed by atoms with van der Waals surface area (Å²) >= 11 is 0. The first-order chi connectivity index (χ1) is 11.5. The molecule has 24 heavy (non-hydrogen) atoms. The number of nitrogens with zero attached hydrogens (tertiary/aromatic N) is 4. The van der Waals surface area contributed by atoms with Crippen LogP contribution in [0.2, 0.25) is 0 Å². The van der Waals surface area contributed by atoms with Crippen LogP contribution in [0.25, 0.3) is 11.3 Å². The summed E-state index contributed by atoms with van der Waals surface area (Å²) in [5.41, 5.74) is 6.79. The molecule has 0 saturated heterocycles. The third kappa shape index (κ3) is 3.07. The fourth-order valence-electron chi connectivity index (χ4n) is 3.01. The monoisotopic (exact) mass is 327 g/mol. The van der Waals surface area contributed by atoms with E-state index in [0.717, 1.165) is 5.56 Å². The molecule has 0 bridgehead atoms. The second kappa shape index (κ2) is 6.52. The van der Waals surface area contributed by atoms with Crippen molar-refractivity contribution >= 4 is 5.91 Å². The molecule has 1 unspecified atom stereocenters. The van der Waals surface area contributed by atoms with E-state index >= 15 is 0 Å². The van der Waals surface area contributed by atoms with Crippen molar-refractivity contribution in [3.05, 3.63) is 46.8 Å². The molecule has 7 nitrogen and oxygen atoms in total. The zero-order valence-electron chi connectivity index (χ0n) is 13.8. The molecule has 1 amide bonds. The molecule has 2 aromatic heterocycles. The Morgan fingerprint density at radius 1 is 1.29 bits per heavy atom. The van der Waals surface area contributed by atoms with Gasteiger partial charge >= 0.3 is 0 Å². The van der Waals surface area contributed by atoms with Crippen LogP contribution in [0.4, 0.5) is 0 Å². The Labute approximate surface area is 140 Å². The Balaban J connectivity index is 2.12. The highest BCUT2D eigenvalue weighted by molar-refractivity contribution is 5.81. The lowest BCUT2D eigenvalue weighted by molar-refractivity contribution is -0.120. The van der Waals surface area contributed by atoms with Crippen molar-refractivity contribution < 1.29 is 4.79 Å². The van der Waals surface area contributed by atoms with E-state index in [9.17, 15) is 9.59 Å². The van der Waals surface area contributed by atoms with Crippen molar-refractivity contribution in [3.8, 4) is 11.3 Å². The molecule has 3 rings (SSSR count). The van der Waals surface area contributed by atoms with Gasteiger partial charge in [0, 0.05) is 49.7 Å². The molecule has 3 heterocycles. The van der Waals surface area contributed by atoms with Gasteiger partial charge < -0.3 is 5.73 Å². The average Bonchev–Trinajstić information content (AvgIpc) is 2.76. The Morgan fingerprint density at radius 2 is 2.00 bits per heavy atom. The summed E-state index contributed by atoms with van der Waals surface area (Å²) in [6.07, 6.45) is 3.29. The van der Waals surface area contributed by atoms with Gasteiger partial charge in [0.15, 0.2) is 0 Å². The van der Waals surface area contributed by atoms with Crippen molar-refractivity contribution in [2.45, 2.75) is 32.4 Å². The normalized spacial score (nSPS) is 18.2. The summed E-state index contributed by atoms with van der Waals surface area (Å²) in [4.78, 5) is 35.4. The quantitative estimate of drug-likeness (QED) is 0.891. The topological polar surface area (TPSA) is 94.1 Å². The fourth-order valence-corrected chi connectivity index (χ4v) is 3.01. The molecule has 2 aromatic rings. The minimum atomic E-state index is -0.607. The van der Waals surface area contributed by atoms with E-state index in [2.05, 4.69) is 28.7 Å². The Bertz CT molecular complexity index is 800. The van der Waals surface area contributed by atoms with Gasteiger partial charge in [-0.25, -0.2) is 4.98 Å². The number of primary amides is 1. The molecule has 0 aromatic carbocycles. The molecule has 1 aliphatic heterocycles. The van der Waals surface area contributed by atoms with E-state index in [4.69, 9.17) is 5.73 Å². The number of fused-ring (bicyclic) bond motifs is 1. The summed E-state index contributed by atoms with van der Waals surface area (Å²) in [7, 11) is 0. The fraction of sp³-hybridized carbons (Fsp3) is 0.412. The lowest BCUT2D eigenvalue weighted by Gasteiger charge is -2.25. The third-order valence-corrected chi connectivity index (χ3v) is 4.43. The molecule has 0 aliphatic carbocycles. The minimum absolute atomic E-state index is 0.163. The van der Waals surface area contributed by atoms with E-state index in [-0.39, 0.29) is 11.6 Å². The number of nitrogens with two attached hydrogens (primary N) is 1. The van der Waals surface area contributed by atoms with Crippen molar-refractivity contribution in [2.24, 2.45) is 5.73 Å². The summed E-state index contributed by atoms with van der Waals surface area (Å²) in [5.74, 6) is -0.621. The molecule has 126 valence electrons. The Hall–Kier alpha value is -2.54. The van der Waals surface area contributed by atoms with Gasteiger partial charge in [-0.2, -0.15) is 0 Å². The van der Waals surface area contributed by atoms with Gasteiger partial charge in [0.25, 0.3) is 5.56 Å². The van der Waals surface area contributed by atoms with E-state index < -0.39 is 11.8 Å². The van der Waals surface area contributed by atoms with Gasteiger partial charge in [-0.1, -0.05) is 0 Å². The molecular weight excluding hydrogens is 306 g/mol. The highest BCUT2D eigenvalue weighted by Gasteiger charge is 2.30. The zero-order chi connectivity index (χ0) is 17.3. The van der Waals surface area contributed by atoms with Crippen molar-refractivity contribution in [1.29, 1.82) is 0 Å². The number of hydrogen-bond acceptors (Lipinski definition) is 5. The number of carbonyl (C=O) groups excluding carboxylic acids is 1. The Morgan fingerprint density at radius 3 is 2.62 bits per heavy atom. The maximum Gasteiger partial charge on any atom is 0.254 e. The van der Waals surface area contributed by atoms with Crippen LogP contribution >= 0.6 is 0 Å². The molecule has 0 fully saturated rings. The van der Waals surface area contributed by atoms with E-state index in [1.54, 1.807) is 29.1 Å². The van der Waals surface area contributed by atoms with E-state index in [1.165, 1.54) is 6.07 Å². The van der Waals surface area contributed by atoms with Crippen LogP contribution in [0.1, 0.15) is 25.6 Å². The van der Waals surface area contributed by atoms with Gasteiger partial charge in [0.2, 0.25) is 5.91 Å². The second-order valence-corrected chi connectivity index (χ2v) is 6.27. The molecule has 1 atom stereocenters. The van der Waals surface area contributed by atoms with Crippen molar-refractivity contribution in [1.82, 2.24) is 19.4 Å². The van der Waals surface area contributed by atoms with Gasteiger partial charge in [0.1, 0.15) is 11.7 Å².